The standard InChI is InChI=1S/C19H20N6O4/c1-13-17(24-7-3-4-15(29-2)18(24)21-13)19(26)23-10-8-22(9-11-23)16-6-5-14(12-20-16)25(27)28/h3-7,12H,8-11H2,1-2H3. The van der Waals surface area contributed by atoms with E-state index < -0.39 is 4.92 Å². The van der Waals surface area contributed by atoms with Gasteiger partial charge in [0.05, 0.1) is 17.7 Å². The lowest BCUT2D eigenvalue weighted by Gasteiger charge is -2.35. The smallest absolute Gasteiger partial charge is 0.287 e. The number of nitro groups is 1. The number of rotatable bonds is 4. The van der Waals surface area contributed by atoms with E-state index in [0.717, 1.165) is 0 Å². The van der Waals surface area contributed by atoms with Crippen LogP contribution in [0.1, 0.15) is 16.2 Å². The van der Waals surface area contributed by atoms with Crippen molar-refractivity contribution >= 4 is 23.1 Å². The van der Waals surface area contributed by atoms with Crippen LogP contribution < -0.4 is 9.64 Å². The van der Waals surface area contributed by atoms with Crippen LogP contribution in [0.15, 0.2) is 36.7 Å². The lowest BCUT2D eigenvalue weighted by atomic mass is 10.2. The highest BCUT2D eigenvalue weighted by atomic mass is 16.6. The molecular weight excluding hydrogens is 376 g/mol. The van der Waals surface area contributed by atoms with Crippen molar-refractivity contribution in [3.05, 3.63) is 58.2 Å². The molecule has 0 atom stereocenters. The van der Waals surface area contributed by atoms with Crippen molar-refractivity contribution in [3.8, 4) is 5.75 Å². The summed E-state index contributed by atoms with van der Waals surface area (Å²) in [5, 5.41) is 10.8. The number of hydrogen-bond acceptors (Lipinski definition) is 7. The highest BCUT2D eigenvalue weighted by Crippen LogP contribution is 2.23. The maximum absolute atomic E-state index is 13.2. The lowest BCUT2D eigenvalue weighted by molar-refractivity contribution is -0.385. The Bertz CT molecular complexity index is 1070. The van der Waals surface area contributed by atoms with Gasteiger partial charge in [-0.05, 0) is 25.1 Å². The van der Waals surface area contributed by atoms with Crippen LogP contribution in [0.4, 0.5) is 11.5 Å². The van der Waals surface area contributed by atoms with Crippen molar-refractivity contribution in [1.82, 2.24) is 19.3 Å². The van der Waals surface area contributed by atoms with Crippen molar-refractivity contribution < 1.29 is 14.5 Å². The van der Waals surface area contributed by atoms with Crippen molar-refractivity contribution in [2.24, 2.45) is 0 Å². The number of piperazine rings is 1. The minimum atomic E-state index is -0.472. The van der Waals surface area contributed by atoms with Crippen LogP contribution >= 0.6 is 0 Å². The van der Waals surface area contributed by atoms with Crippen molar-refractivity contribution in [1.29, 1.82) is 0 Å². The van der Waals surface area contributed by atoms with Gasteiger partial charge in [0.2, 0.25) is 0 Å². The lowest BCUT2D eigenvalue weighted by Crippen LogP contribution is -2.49. The second kappa shape index (κ2) is 7.38. The van der Waals surface area contributed by atoms with Gasteiger partial charge in [0, 0.05) is 38.4 Å². The molecule has 0 aliphatic carbocycles. The average molecular weight is 396 g/mol. The molecule has 4 rings (SSSR count). The summed E-state index contributed by atoms with van der Waals surface area (Å²) in [6.45, 7) is 4.05. The molecule has 10 nitrogen and oxygen atoms in total. The van der Waals surface area contributed by atoms with E-state index in [9.17, 15) is 14.9 Å². The summed E-state index contributed by atoms with van der Waals surface area (Å²) in [7, 11) is 1.58. The molecule has 150 valence electrons. The fourth-order valence-electron chi connectivity index (χ4n) is 3.53. The van der Waals surface area contributed by atoms with Crippen LogP contribution in [0, 0.1) is 17.0 Å². The Morgan fingerprint density at radius 1 is 1.21 bits per heavy atom. The number of pyridine rings is 2. The molecule has 0 radical (unpaired) electrons. The number of carbonyl (C=O) groups excluding carboxylic acids is 1. The quantitative estimate of drug-likeness (QED) is 0.490. The second-order valence-corrected chi connectivity index (χ2v) is 6.73. The molecule has 1 aliphatic heterocycles. The summed E-state index contributed by atoms with van der Waals surface area (Å²) < 4.78 is 7.11. The molecule has 29 heavy (non-hydrogen) atoms. The molecule has 0 unspecified atom stereocenters. The Balaban J connectivity index is 1.50. The Morgan fingerprint density at radius 2 is 1.97 bits per heavy atom. The fourth-order valence-corrected chi connectivity index (χ4v) is 3.53. The predicted octanol–water partition coefficient (Wildman–Crippen LogP) is 1.92. The van der Waals surface area contributed by atoms with Crippen molar-refractivity contribution in [2.75, 3.05) is 38.2 Å². The van der Waals surface area contributed by atoms with Gasteiger partial charge in [-0.1, -0.05) is 0 Å². The third-order valence-corrected chi connectivity index (χ3v) is 5.04. The number of aryl methyl sites for hydroxylation is 1. The number of aromatic nitrogens is 3. The molecule has 1 saturated heterocycles. The molecule has 0 N–H and O–H groups in total. The van der Waals surface area contributed by atoms with Gasteiger partial charge in [0.1, 0.15) is 17.7 Å². The second-order valence-electron chi connectivity index (χ2n) is 6.73. The number of ether oxygens (including phenoxy) is 1. The number of hydrogen-bond donors (Lipinski definition) is 0. The number of methoxy groups -OCH3 is 1. The third kappa shape index (κ3) is 3.33. The minimum Gasteiger partial charge on any atom is -0.493 e. The summed E-state index contributed by atoms with van der Waals surface area (Å²) in [5.41, 5.74) is 1.76. The maximum Gasteiger partial charge on any atom is 0.287 e. The number of anilines is 1. The van der Waals surface area contributed by atoms with Crippen LogP contribution in [-0.2, 0) is 0 Å². The van der Waals surface area contributed by atoms with Gasteiger partial charge in [-0.2, -0.15) is 0 Å². The first-order chi connectivity index (χ1) is 14.0. The van der Waals surface area contributed by atoms with E-state index in [2.05, 4.69) is 9.97 Å². The van der Waals surface area contributed by atoms with E-state index in [1.54, 1.807) is 22.5 Å². The van der Waals surface area contributed by atoms with Gasteiger partial charge in [-0.25, -0.2) is 9.97 Å². The van der Waals surface area contributed by atoms with Gasteiger partial charge in [-0.15, -0.1) is 0 Å². The van der Waals surface area contributed by atoms with E-state index in [0.29, 0.717) is 54.8 Å². The Labute approximate surface area is 166 Å². The molecule has 4 heterocycles. The van der Waals surface area contributed by atoms with Crippen LogP contribution in [-0.4, -0.2) is 63.4 Å². The van der Waals surface area contributed by atoms with Gasteiger partial charge in [0.15, 0.2) is 11.4 Å². The topological polar surface area (TPSA) is 106 Å². The molecule has 0 saturated carbocycles. The zero-order chi connectivity index (χ0) is 20.5. The van der Waals surface area contributed by atoms with E-state index >= 15 is 0 Å². The predicted molar refractivity (Wildman–Crippen MR) is 105 cm³/mol. The largest absolute Gasteiger partial charge is 0.493 e. The summed E-state index contributed by atoms with van der Waals surface area (Å²) >= 11 is 0. The SMILES string of the molecule is COc1cccn2c(C(=O)N3CCN(c4ccc([N+](=O)[O-])cn4)CC3)c(C)nc12. The number of fused-ring (bicyclic) bond motifs is 1. The summed E-state index contributed by atoms with van der Waals surface area (Å²) in [6.07, 6.45) is 3.06. The molecular formula is C19H20N6O4. The Kier molecular flexibility index (Phi) is 4.75. The van der Waals surface area contributed by atoms with Gasteiger partial charge >= 0.3 is 0 Å². The Morgan fingerprint density at radius 3 is 2.59 bits per heavy atom. The molecule has 10 heteroatoms. The fraction of sp³-hybridized carbons (Fsp3) is 0.316. The van der Waals surface area contributed by atoms with E-state index in [-0.39, 0.29) is 11.6 Å². The van der Waals surface area contributed by atoms with Crippen LogP contribution in [0.5, 0.6) is 5.75 Å². The van der Waals surface area contributed by atoms with Crippen LogP contribution in [0.3, 0.4) is 0 Å². The Hall–Kier alpha value is -3.69. The highest BCUT2D eigenvalue weighted by molar-refractivity contribution is 5.95. The molecule has 0 aromatic carbocycles. The van der Waals surface area contributed by atoms with Crippen LogP contribution in [0.25, 0.3) is 5.65 Å². The number of nitrogens with zero attached hydrogens (tertiary/aromatic N) is 6. The summed E-state index contributed by atoms with van der Waals surface area (Å²) in [4.78, 5) is 35.9. The molecule has 0 bridgehead atoms. The number of imidazole rings is 1. The monoisotopic (exact) mass is 396 g/mol. The first-order valence-corrected chi connectivity index (χ1v) is 9.16. The normalized spacial score (nSPS) is 14.3. The van der Waals surface area contributed by atoms with E-state index in [1.165, 1.54) is 12.3 Å². The van der Waals surface area contributed by atoms with Gasteiger partial charge < -0.3 is 14.5 Å². The highest BCUT2D eigenvalue weighted by Gasteiger charge is 2.27. The van der Waals surface area contributed by atoms with Crippen molar-refractivity contribution in [2.45, 2.75) is 6.92 Å². The zero-order valence-corrected chi connectivity index (χ0v) is 16.1. The first kappa shape index (κ1) is 18.7. The first-order valence-electron chi connectivity index (χ1n) is 9.16. The molecule has 3 aromatic rings. The van der Waals surface area contributed by atoms with Crippen LogP contribution in [0.2, 0.25) is 0 Å². The maximum atomic E-state index is 13.2. The number of carbonyl (C=O) groups is 1. The van der Waals surface area contributed by atoms with Gasteiger partial charge in [-0.3, -0.25) is 19.3 Å². The molecule has 1 aliphatic rings. The molecule has 1 fully saturated rings. The molecule has 0 spiro atoms. The molecule has 1 amide bonds. The minimum absolute atomic E-state index is 0.0407. The zero-order valence-electron chi connectivity index (χ0n) is 16.1. The van der Waals surface area contributed by atoms with Crippen molar-refractivity contribution in [3.63, 3.8) is 0 Å². The summed E-state index contributed by atoms with van der Waals surface area (Å²) in [5.74, 6) is 1.20. The summed E-state index contributed by atoms with van der Waals surface area (Å²) in [6, 6.07) is 6.71. The molecule has 3 aromatic heterocycles. The average Bonchev–Trinajstić information content (AvgIpc) is 3.09. The van der Waals surface area contributed by atoms with E-state index in [1.807, 2.05) is 30.2 Å². The van der Waals surface area contributed by atoms with Gasteiger partial charge in [0.25, 0.3) is 11.6 Å². The number of amides is 1. The third-order valence-electron chi connectivity index (χ3n) is 5.04. The van der Waals surface area contributed by atoms with E-state index in [4.69, 9.17) is 4.74 Å².